The molecule has 0 amide bonds. The number of ether oxygens (including phenoxy) is 1. The minimum absolute atomic E-state index is 0.00520. The molecule has 0 aromatic heterocycles. The van der Waals surface area contributed by atoms with E-state index < -0.39 is 53.5 Å². The summed E-state index contributed by atoms with van der Waals surface area (Å²) >= 11 is 6.18. The van der Waals surface area contributed by atoms with Gasteiger partial charge in [0.15, 0.2) is 6.10 Å². The second-order valence-electron chi connectivity index (χ2n) is 8.01. The second-order valence-corrected chi connectivity index (χ2v) is 11.5. The quantitative estimate of drug-likeness (QED) is 0.0607. The van der Waals surface area contributed by atoms with E-state index in [1.807, 2.05) is 0 Å². The molecule has 0 spiro atoms. The molecule has 216 valence electrons. The van der Waals surface area contributed by atoms with Gasteiger partial charge >= 0.3 is 19.5 Å². The molecule has 0 radical (unpaired) electrons. The summed E-state index contributed by atoms with van der Waals surface area (Å²) in [6.45, 7) is 0.0104. The van der Waals surface area contributed by atoms with Crippen molar-refractivity contribution in [2.75, 3.05) is 23.7 Å². The Morgan fingerprint density at radius 3 is 2.10 bits per heavy atom. The highest BCUT2D eigenvalue weighted by Crippen LogP contribution is 2.50. The van der Waals surface area contributed by atoms with Crippen molar-refractivity contribution in [1.29, 1.82) is 0 Å². The lowest BCUT2D eigenvalue weighted by atomic mass is 10.0. The molecule has 16 heteroatoms. The highest BCUT2D eigenvalue weighted by atomic mass is 79.9. The maximum absolute atomic E-state index is 14.8. The Morgan fingerprint density at radius 2 is 1.57 bits per heavy atom. The number of halogens is 7. The first kappa shape index (κ1) is 32.1. The fourth-order valence-corrected chi connectivity index (χ4v) is 6.06. The molecular formula is C24H21Br2F5N3O5P. The second kappa shape index (κ2) is 14.0. The number of nitrogens with one attached hydrogen (secondary N) is 2. The smallest absolute Gasteiger partial charge is 0.419 e. The Kier molecular flexibility index (Phi) is 11.2. The summed E-state index contributed by atoms with van der Waals surface area (Å²) in [5.74, 6) is -2.23. The monoisotopic (exact) mass is 715 g/mol. The number of nitrogens with zero attached hydrogens (tertiary/aromatic N) is 1. The summed E-state index contributed by atoms with van der Waals surface area (Å²) in [5, 5.41) is 16.9. The fourth-order valence-electron chi connectivity index (χ4n) is 3.44. The predicted molar refractivity (Wildman–Crippen MR) is 146 cm³/mol. The first-order valence-corrected chi connectivity index (χ1v) is 15.2. The van der Waals surface area contributed by atoms with Gasteiger partial charge in [-0.2, -0.15) is 13.2 Å². The normalized spacial score (nSPS) is 12.8. The minimum atomic E-state index is -5.09. The van der Waals surface area contributed by atoms with Gasteiger partial charge in [-0.05, 0) is 47.5 Å². The zero-order valence-electron chi connectivity index (χ0n) is 20.3. The topological polar surface area (TPSA) is 103 Å². The molecule has 0 saturated heterocycles. The molecule has 0 aliphatic heterocycles. The molecule has 2 N–H and O–H groups in total. The van der Waals surface area contributed by atoms with E-state index in [1.54, 1.807) is 0 Å². The Hall–Kier alpha value is -2.42. The molecule has 0 heterocycles. The number of rotatable bonds is 13. The minimum Gasteiger partial charge on any atom is -0.450 e. The Labute approximate surface area is 242 Å². The maximum atomic E-state index is 14.8. The lowest BCUT2D eigenvalue weighted by Gasteiger charge is -2.27. The number of hydrogen-bond donors (Lipinski definition) is 2. The van der Waals surface area contributed by atoms with E-state index in [2.05, 4.69) is 42.0 Å². The van der Waals surface area contributed by atoms with Crippen molar-refractivity contribution in [3.8, 4) is 22.6 Å². The van der Waals surface area contributed by atoms with E-state index in [0.717, 1.165) is 36.4 Å². The van der Waals surface area contributed by atoms with Crippen LogP contribution in [-0.2, 0) is 9.09 Å². The molecule has 8 nitrogen and oxygen atoms in total. The molecule has 0 aliphatic rings. The fraction of sp³-hybridized carbons (Fsp3) is 0.250. The molecule has 0 saturated carbocycles. The first-order chi connectivity index (χ1) is 18.9. The van der Waals surface area contributed by atoms with Gasteiger partial charge in [0.1, 0.15) is 17.4 Å². The molecule has 3 aromatic rings. The zero-order chi connectivity index (χ0) is 29.5. The van der Waals surface area contributed by atoms with Gasteiger partial charge in [0.05, 0.1) is 4.92 Å². The molecule has 1 unspecified atom stereocenters. The van der Waals surface area contributed by atoms with Crippen LogP contribution in [0.15, 0.2) is 60.7 Å². The van der Waals surface area contributed by atoms with E-state index in [0.29, 0.717) is 5.56 Å². The largest absolute Gasteiger partial charge is 0.450 e. The average Bonchev–Trinajstić information content (AvgIpc) is 2.89. The number of alkyl halides is 5. The lowest BCUT2D eigenvalue weighted by Crippen LogP contribution is -2.32. The summed E-state index contributed by atoms with van der Waals surface area (Å²) in [7, 11) is -4.26. The van der Waals surface area contributed by atoms with Crippen molar-refractivity contribution >= 4 is 45.2 Å². The van der Waals surface area contributed by atoms with Crippen molar-refractivity contribution in [3.05, 3.63) is 88.0 Å². The van der Waals surface area contributed by atoms with Gasteiger partial charge in [-0.3, -0.25) is 19.2 Å². The van der Waals surface area contributed by atoms with E-state index in [4.69, 9.17) is 9.26 Å². The van der Waals surface area contributed by atoms with Gasteiger partial charge in [0.2, 0.25) is 5.75 Å². The molecule has 3 aromatic carbocycles. The van der Waals surface area contributed by atoms with Gasteiger partial charge in [-0.1, -0.05) is 44.0 Å². The highest BCUT2D eigenvalue weighted by molar-refractivity contribution is 9.09. The van der Waals surface area contributed by atoms with Crippen molar-refractivity contribution in [1.82, 2.24) is 10.2 Å². The number of nitro groups is 1. The van der Waals surface area contributed by atoms with Gasteiger partial charge in [-0.25, -0.2) is 19.0 Å². The standard InChI is InChI=1S/C24H21Br2F5N3O5P/c25-9-11-32-40(37,33-12-10-26)39-23(24(29,30)31)16-3-8-21(34(35)36)22(13-16)38-18-6-7-19(20(28)14-18)15-1-4-17(27)5-2-15/h1-8,13-14,23H,9-12H2,(H2,32,33,37). The third kappa shape index (κ3) is 8.54. The number of benzene rings is 3. The number of hydrogen-bond acceptors (Lipinski definition) is 5. The molecule has 40 heavy (non-hydrogen) atoms. The van der Waals surface area contributed by atoms with Gasteiger partial charge in [0, 0.05) is 41.4 Å². The summed E-state index contributed by atoms with van der Waals surface area (Å²) in [6, 6.07) is 10.7. The van der Waals surface area contributed by atoms with Gasteiger partial charge in [-0.15, -0.1) is 0 Å². The summed E-state index contributed by atoms with van der Waals surface area (Å²) in [4.78, 5) is 10.7. The first-order valence-electron chi connectivity index (χ1n) is 11.4. The third-order valence-electron chi connectivity index (χ3n) is 5.19. The van der Waals surface area contributed by atoms with Crippen LogP contribution in [0, 0.1) is 21.7 Å². The molecule has 3 rings (SSSR count). The highest BCUT2D eigenvalue weighted by Gasteiger charge is 2.46. The predicted octanol–water partition coefficient (Wildman–Crippen LogP) is 8.03. The molecule has 0 fully saturated rings. The SMILES string of the molecule is O=[N+]([O-])c1ccc(C(OP(=O)(NCCBr)NCCBr)C(F)(F)F)cc1Oc1ccc(-c2ccc(F)cc2)c(F)c1. The van der Waals surface area contributed by atoms with E-state index in [9.17, 15) is 36.6 Å². The molecule has 0 aliphatic carbocycles. The lowest BCUT2D eigenvalue weighted by molar-refractivity contribution is -0.385. The van der Waals surface area contributed by atoms with Crippen molar-refractivity contribution in [2.45, 2.75) is 12.3 Å². The van der Waals surface area contributed by atoms with Crippen molar-refractivity contribution < 1.29 is 40.7 Å². The van der Waals surface area contributed by atoms with Crippen LogP contribution in [0.25, 0.3) is 11.1 Å². The van der Waals surface area contributed by atoms with Crippen LogP contribution in [0.2, 0.25) is 0 Å². The zero-order valence-corrected chi connectivity index (χ0v) is 24.3. The van der Waals surface area contributed by atoms with Crippen LogP contribution in [0.4, 0.5) is 27.6 Å². The molecular weight excluding hydrogens is 696 g/mol. The van der Waals surface area contributed by atoms with Crippen LogP contribution in [-0.4, -0.2) is 34.8 Å². The van der Waals surface area contributed by atoms with Gasteiger partial charge < -0.3 is 4.74 Å². The van der Waals surface area contributed by atoms with Crippen LogP contribution >= 0.6 is 39.5 Å². The van der Waals surface area contributed by atoms with E-state index in [1.165, 1.54) is 24.3 Å². The van der Waals surface area contributed by atoms with Crippen molar-refractivity contribution in [2.24, 2.45) is 0 Å². The van der Waals surface area contributed by atoms with Crippen molar-refractivity contribution in [3.63, 3.8) is 0 Å². The molecule has 1 atom stereocenters. The van der Waals surface area contributed by atoms with E-state index in [-0.39, 0.29) is 35.1 Å². The summed E-state index contributed by atoms with van der Waals surface area (Å²) in [6.07, 6.45) is -7.86. The Morgan fingerprint density at radius 1 is 0.950 bits per heavy atom. The Bertz CT molecular complexity index is 1370. The van der Waals surface area contributed by atoms with Crippen LogP contribution in [0.5, 0.6) is 11.5 Å². The summed E-state index contributed by atoms with van der Waals surface area (Å²) in [5.41, 5.74) is -0.928. The van der Waals surface area contributed by atoms with Crippen LogP contribution in [0.3, 0.4) is 0 Å². The average molecular weight is 717 g/mol. The third-order valence-corrected chi connectivity index (χ3v) is 7.77. The number of nitro benzene ring substituents is 1. The van der Waals surface area contributed by atoms with Crippen LogP contribution in [0.1, 0.15) is 11.7 Å². The van der Waals surface area contributed by atoms with E-state index >= 15 is 0 Å². The van der Waals surface area contributed by atoms with Gasteiger partial charge in [0.25, 0.3) is 0 Å². The van der Waals surface area contributed by atoms with Crippen LogP contribution < -0.4 is 14.9 Å². The molecule has 0 bridgehead atoms. The maximum Gasteiger partial charge on any atom is 0.419 e. The summed E-state index contributed by atoms with van der Waals surface area (Å²) < 4.78 is 94.0. The Balaban J connectivity index is 1.99.